The van der Waals surface area contributed by atoms with Gasteiger partial charge in [0.2, 0.25) is 0 Å². The summed E-state index contributed by atoms with van der Waals surface area (Å²) in [6, 6.07) is 8.39. The molecular weight excluding hydrogens is 322 g/mol. The van der Waals surface area contributed by atoms with Crippen LogP contribution in [0.25, 0.3) is 5.69 Å². The minimum Gasteiger partial charge on any atom is -0.339 e. The summed E-state index contributed by atoms with van der Waals surface area (Å²) < 4.78 is 2.01. The van der Waals surface area contributed by atoms with E-state index in [9.17, 15) is 4.79 Å². The van der Waals surface area contributed by atoms with Gasteiger partial charge in [0.15, 0.2) is 0 Å². The Morgan fingerprint density at radius 3 is 2.23 bits per heavy atom. The van der Waals surface area contributed by atoms with Crippen LogP contribution in [0, 0.1) is 12.8 Å². The van der Waals surface area contributed by atoms with E-state index in [0.29, 0.717) is 5.92 Å². The van der Waals surface area contributed by atoms with Gasteiger partial charge in [0, 0.05) is 13.1 Å². The third-order valence-electron chi connectivity index (χ3n) is 5.03. The largest absolute Gasteiger partial charge is 0.339 e. The van der Waals surface area contributed by atoms with E-state index in [-0.39, 0.29) is 11.8 Å². The van der Waals surface area contributed by atoms with Crippen molar-refractivity contribution in [3.8, 4) is 5.69 Å². The van der Waals surface area contributed by atoms with E-state index >= 15 is 0 Å². The van der Waals surface area contributed by atoms with Gasteiger partial charge in [0.25, 0.3) is 5.91 Å². The lowest BCUT2D eigenvalue weighted by Gasteiger charge is -2.18. The van der Waals surface area contributed by atoms with Crippen LogP contribution in [0.5, 0.6) is 0 Å². The molecule has 0 radical (unpaired) electrons. The van der Waals surface area contributed by atoms with E-state index in [0.717, 1.165) is 55.0 Å². The Morgan fingerprint density at radius 2 is 1.69 bits per heavy atom. The van der Waals surface area contributed by atoms with Crippen molar-refractivity contribution in [2.24, 2.45) is 5.92 Å². The molecule has 0 aliphatic carbocycles. The molecule has 1 fully saturated rings. The number of aryl methyl sites for hydroxylation is 1. The molecule has 4 nitrogen and oxygen atoms in total. The zero-order chi connectivity index (χ0) is 18.8. The molecule has 0 saturated carbocycles. The number of carbonyl (C=O) groups is 1. The van der Waals surface area contributed by atoms with Crippen LogP contribution in [-0.4, -0.2) is 33.7 Å². The van der Waals surface area contributed by atoms with Crippen LogP contribution in [0.2, 0.25) is 0 Å². The van der Waals surface area contributed by atoms with E-state index in [1.165, 1.54) is 5.56 Å². The Bertz CT molecular complexity index is 765. The summed E-state index contributed by atoms with van der Waals surface area (Å²) in [5.41, 5.74) is 5.09. The summed E-state index contributed by atoms with van der Waals surface area (Å²) in [5, 5.41) is 4.93. The first-order valence-corrected chi connectivity index (χ1v) is 9.86. The van der Waals surface area contributed by atoms with Crippen LogP contribution in [0.15, 0.2) is 24.3 Å². The molecule has 0 unspecified atom stereocenters. The van der Waals surface area contributed by atoms with E-state index in [1.54, 1.807) is 0 Å². The maximum atomic E-state index is 13.3. The molecule has 1 saturated heterocycles. The molecule has 2 aromatic rings. The maximum Gasteiger partial charge on any atom is 0.257 e. The third kappa shape index (κ3) is 3.69. The average molecular weight is 354 g/mol. The third-order valence-corrected chi connectivity index (χ3v) is 5.03. The van der Waals surface area contributed by atoms with Crippen LogP contribution >= 0.6 is 0 Å². The lowest BCUT2D eigenvalue weighted by Crippen LogP contribution is -2.29. The van der Waals surface area contributed by atoms with Crippen molar-refractivity contribution in [1.82, 2.24) is 14.7 Å². The first-order valence-electron chi connectivity index (χ1n) is 9.86. The minimum absolute atomic E-state index is 0.167. The lowest BCUT2D eigenvalue weighted by molar-refractivity contribution is 0.0790. The zero-order valence-corrected chi connectivity index (χ0v) is 16.7. The van der Waals surface area contributed by atoms with Gasteiger partial charge in [-0.3, -0.25) is 4.79 Å². The Labute approximate surface area is 157 Å². The van der Waals surface area contributed by atoms with E-state index < -0.39 is 0 Å². The number of amides is 1. The average Bonchev–Trinajstić information content (AvgIpc) is 3.22. The second-order valence-electron chi connectivity index (χ2n) is 8.21. The topological polar surface area (TPSA) is 38.1 Å². The molecule has 0 spiro atoms. The second-order valence-corrected chi connectivity index (χ2v) is 8.21. The molecule has 140 valence electrons. The summed E-state index contributed by atoms with van der Waals surface area (Å²) in [6.07, 6.45) is 3.04. The molecule has 4 heteroatoms. The molecule has 1 aromatic heterocycles. The molecule has 1 aromatic carbocycles. The van der Waals surface area contributed by atoms with Crippen molar-refractivity contribution in [3.63, 3.8) is 0 Å². The van der Waals surface area contributed by atoms with Gasteiger partial charge >= 0.3 is 0 Å². The summed E-state index contributed by atoms with van der Waals surface area (Å²) in [7, 11) is 0. The van der Waals surface area contributed by atoms with Crippen LogP contribution < -0.4 is 0 Å². The molecule has 1 amide bonds. The van der Waals surface area contributed by atoms with Crippen molar-refractivity contribution in [2.75, 3.05) is 13.1 Å². The highest BCUT2D eigenvalue weighted by Crippen LogP contribution is 2.29. The Balaban J connectivity index is 2.15. The Morgan fingerprint density at radius 1 is 1.08 bits per heavy atom. The lowest BCUT2D eigenvalue weighted by atomic mass is 9.98. The SMILES string of the molecule is Cc1ccc(-n2nc(CC(C)C)c(C(=O)N3CCCC3)c2C(C)C)cc1. The summed E-state index contributed by atoms with van der Waals surface area (Å²) in [5.74, 6) is 0.855. The highest BCUT2D eigenvalue weighted by atomic mass is 16.2. The predicted octanol–water partition coefficient (Wildman–Crippen LogP) is 4.74. The van der Waals surface area contributed by atoms with Crippen molar-refractivity contribution < 1.29 is 4.79 Å². The zero-order valence-electron chi connectivity index (χ0n) is 16.7. The molecule has 2 heterocycles. The maximum absolute atomic E-state index is 13.3. The molecular formula is C22H31N3O. The summed E-state index contributed by atoms with van der Waals surface area (Å²) in [4.78, 5) is 15.4. The quantitative estimate of drug-likeness (QED) is 0.779. The van der Waals surface area contributed by atoms with Crippen molar-refractivity contribution in [3.05, 3.63) is 46.8 Å². The summed E-state index contributed by atoms with van der Waals surface area (Å²) >= 11 is 0. The van der Waals surface area contributed by atoms with Crippen LogP contribution in [0.3, 0.4) is 0 Å². The molecule has 0 N–H and O–H groups in total. The van der Waals surface area contributed by atoms with Crippen molar-refractivity contribution in [1.29, 1.82) is 0 Å². The highest BCUT2D eigenvalue weighted by molar-refractivity contribution is 5.97. The first kappa shape index (κ1) is 18.7. The molecule has 1 aliphatic heterocycles. The van der Waals surface area contributed by atoms with Gasteiger partial charge in [-0.2, -0.15) is 5.10 Å². The second kappa shape index (κ2) is 7.65. The fourth-order valence-electron chi connectivity index (χ4n) is 3.74. The normalized spacial score (nSPS) is 14.7. The van der Waals surface area contributed by atoms with Crippen molar-refractivity contribution >= 4 is 5.91 Å². The molecule has 1 aliphatic rings. The monoisotopic (exact) mass is 353 g/mol. The number of nitrogens with zero attached hydrogens (tertiary/aromatic N) is 3. The number of carbonyl (C=O) groups excluding carboxylic acids is 1. The van der Waals surface area contributed by atoms with Gasteiger partial charge < -0.3 is 4.90 Å². The predicted molar refractivity (Wildman–Crippen MR) is 106 cm³/mol. The highest BCUT2D eigenvalue weighted by Gasteiger charge is 2.30. The first-order chi connectivity index (χ1) is 12.4. The van der Waals surface area contributed by atoms with Gasteiger partial charge in [-0.1, -0.05) is 45.4 Å². The Hall–Kier alpha value is -2.10. The number of rotatable bonds is 5. The molecule has 0 bridgehead atoms. The van der Waals surface area contributed by atoms with E-state index in [2.05, 4.69) is 58.9 Å². The number of hydrogen-bond donors (Lipinski definition) is 0. The van der Waals surface area contributed by atoms with Gasteiger partial charge in [0.1, 0.15) is 0 Å². The summed E-state index contributed by atoms with van der Waals surface area (Å²) in [6.45, 7) is 12.5. The Kier molecular flexibility index (Phi) is 5.49. The number of likely N-dealkylation sites (tertiary alicyclic amines) is 1. The van der Waals surface area contributed by atoms with Gasteiger partial charge in [-0.15, -0.1) is 0 Å². The number of aromatic nitrogens is 2. The van der Waals surface area contributed by atoms with E-state index in [1.807, 2.05) is 9.58 Å². The molecule has 26 heavy (non-hydrogen) atoms. The fraction of sp³-hybridized carbons (Fsp3) is 0.545. The van der Waals surface area contributed by atoms with Crippen molar-refractivity contribution in [2.45, 2.75) is 59.8 Å². The van der Waals surface area contributed by atoms with E-state index in [4.69, 9.17) is 5.10 Å². The van der Waals surface area contributed by atoms with Crippen LogP contribution in [0.1, 0.15) is 73.8 Å². The molecule has 0 atom stereocenters. The number of hydrogen-bond acceptors (Lipinski definition) is 2. The molecule has 3 rings (SSSR count). The van der Waals surface area contributed by atoms with Gasteiger partial charge in [-0.25, -0.2) is 4.68 Å². The smallest absolute Gasteiger partial charge is 0.257 e. The van der Waals surface area contributed by atoms with Gasteiger partial charge in [-0.05, 0) is 50.2 Å². The fourth-order valence-corrected chi connectivity index (χ4v) is 3.74. The standard InChI is InChI=1S/C22H31N3O/c1-15(2)14-19-20(22(26)24-12-6-7-13-24)21(16(3)4)25(23-19)18-10-8-17(5)9-11-18/h8-11,15-16H,6-7,12-14H2,1-5H3. The van der Waals surface area contributed by atoms with Crippen LogP contribution in [0.4, 0.5) is 0 Å². The van der Waals surface area contributed by atoms with Crippen LogP contribution in [-0.2, 0) is 6.42 Å². The van der Waals surface area contributed by atoms with Gasteiger partial charge in [0.05, 0.1) is 22.6 Å². The minimum atomic E-state index is 0.167. The number of benzene rings is 1.